The zero-order valence-electron chi connectivity index (χ0n) is 13.6. The van der Waals surface area contributed by atoms with Gasteiger partial charge in [0.15, 0.2) is 5.78 Å². The van der Waals surface area contributed by atoms with Gasteiger partial charge in [-0.05, 0) is 26.0 Å². The Morgan fingerprint density at radius 3 is 2.62 bits per heavy atom. The molecule has 1 saturated heterocycles. The van der Waals surface area contributed by atoms with Crippen LogP contribution in [0.25, 0.3) is 0 Å². The number of carbonyl (C=O) groups excluding carboxylic acids is 4. The fourth-order valence-electron chi connectivity index (χ4n) is 3.45. The number of hydrogen-bond acceptors (Lipinski definition) is 5. The minimum atomic E-state index is -1.51. The zero-order chi connectivity index (χ0) is 17.5. The van der Waals surface area contributed by atoms with Crippen LogP contribution in [0.5, 0.6) is 0 Å². The number of rotatable bonds is 4. The van der Waals surface area contributed by atoms with E-state index in [1.54, 1.807) is 31.2 Å². The van der Waals surface area contributed by atoms with Crippen molar-refractivity contribution in [1.82, 2.24) is 4.90 Å². The summed E-state index contributed by atoms with van der Waals surface area (Å²) in [6.45, 7) is 2.91. The van der Waals surface area contributed by atoms with Crippen molar-refractivity contribution in [1.29, 1.82) is 0 Å². The first kappa shape index (κ1) is 16.2. The van der Waals surface area contributed by atoms with Gasteiger partial charge in [0.1, 0.15) is 6.61 Å². The molecule has 0 radical (unpaired) electrons. The van der Waals surface area contributed by atoms with Crippen LogP contribution in [-0.2, 0) is 19.1 Å². The van der Waals surface area contributed by atoms with E-state index in [0.717, 1.165) is 0 Å². The highest BCUT2D eigenvalue weighted by Gasteiger charge is 2.61. The summed E-state index contributed by atoms with van der Waals surface area (Å²) in [6, 6.07) is 6.71. The molecule has 1 atom stereocenters. The standard InChI is InChI=1S/C17H18N2O5/c1-3-18-15(22)12-6-4-5-7-13(12)19-14(21)8-9-17(18,19)16(23)24-10-11(2)20/h4-7H,3,8-10H2,1-2H3/t17-/m0/s1. The predicted molar refractivity (Wildman–Crippen MR) is 84.2 cm³/mol. The second kappa shape index (κ2) is 5.74. The lowest BCUT2D eigenvalue weighted by molar-refractivity contribution is -0.159. The third-order valence-electron chi connectivity index (χ3n) is 4.42. The van der Waals surface area contributed by atoms with Crippen molar-refractivity contribution in [2.45, 2.75) is 32.4 Å². The Kier molecular flexibility index (Phi) is 3.87. The van der Waals surface area contributed by atoms with Crippen LogP contribution in [0.1, 0.15) is 37.0 Å². The number of amides is 2. The van der Waals surface area contributed by atoms with Gasteiger partial charge in [-0.1, -0.05) is 12.1 Å². The molecule has 2 amide bonds. The van der Waals surface area contributed by atoms with E-state index in [0.29, 0.717) is 11.3 Å². The van der Waals surface area contributed by atoms with Crippen LogP contribution in [0.2, 0.25) is 0 Å². The Hall–Kier alpha value is -2.70. The van der Waals surface area contributed by atoms with Gasteiger partial charge in [0.05, 0.1) is 11.3 Å². The Labute approximate surface area is 139 Å². The minimum Gasteiger partial charge on any atom is -0.455 e. The molecule has 24 heavy (non-hydrogen) atoms. The molecular weight excluding hydrogens is 312 g/mol. The summed E-state index contributed by atoms with van der Waals surface area (Å²) in [6.07, 6.45) is 0.282. The third kappa shape index (κ3) is 2.11. The highest BCUT2D eigenvalue weighted by Crippen LogP contribution is 2.44. The summed E-state index contributed by atoms with van der Waals surface area (Å²) in [5, 5.41) is 0. The molecule has 1 aromatic carbocycles. The van der Waals surface area contributed by atoms with Gasteiger partial charge in [-0.25, -0.2) is 4.79 Å². The maximum atomic E-state index is 12.9. The zero-order valence-corrected chi connectivity index (χ0v) is 13.6. The van der Waals surface area contributed by atoms with Gasteiger partial charge in [0.25, 0.3) is 5.91 Å². The molecule has 0 aliphatic carbocycles. The number of benzene rings is 1. The molecule has 1 aromatic rings. The highest BCUT2D eigenvalue weighted by atomic mass is 16.5. The van der Waals surface area contributed by atoms with Crippen LogP contribution in [-0.4, -0.2) is 47.3 Å². The Balaban J connectivity index is 2.14. The van der Waals surface area contributed by atoms with Crippen LogP contribution in [0.3, 0.4) is 0 Å². The van der Waals surface area contributed by atoms with Gasteiger partial charge in [0, 0.05) is 19.4 Å². The second-order valence-electron chi connectivity index (χ2n) is 5.89. The molecule has 0 aromatic heterocycles. The summed E-state index contributed by atoms with van der Waals surface area (Å²) in [5.41, 5.74) is -0.716. The molecule has 2 aliphatic rings. The third-order valence-corrected chi connectivity index (χ3v) is 4.42. The van der Waals surface area contributed by atoms with Crippen LogP contribution < -0.4 is 4.90 Å². The molecule has 3 rings (SSSR count). The fraction of sp³-hybridized carbons (Fsp3) is 0.412. The molecule has 2 heterocycles. The molecule has 7 nitrogen and oxygen atoms in total. The first-order valence-corrected chi connectivity index (χ1v) is 7.84. The van der Waals surface area contributed by atoms with E-state index in [-0.39, 0.29) is 43.6 Å². The number of ether oxygens (including phenoxy) is 1. The number of nitrogens with zero attached hydrogens (tertiary/aromatic N) is 2. The quantitative estimate of drug-likeness (QED) is 0.773. The van der Waals surface area contributed by atoms with Crippen molar-refractivity contribution in [2.75, 3.05) is 18.1 Å². The van der Waals surface area contributed by atoms with Crippen molar-refractivity contribution < 1.29 is 23.9 Å². The molecule has 2 aliphatic heterocycles. The fourth-order valence-corrected chi connectivity index (χ4v) is 3.45. The largest absolute Gasteiger partial charge is 0.455 e. The van der Waals surface area contributed by atoms with Crippen molar-refractivity contribution in [2.24, 2.45) is 0 Å². The number of Topliss-reactive ketones (excluding diaryl/α,β-unsaturated/α-hetero) is 1. The molecule has 0 N–H and O–H groups in total. The number of likely N-dealkylation sites (N-methyl/N-ethyl adjacent to an activating group) is 1. The summed E-state index contributed by atoms with van der Waals surface area (Å²) in [5.74, 6) is -1.61. The van der Waals surface area contributed by atoms with E-state index < -0.39 is 11.6 Å². The number of para-hydroxylation sites is 1. The number of carbonyl (C=O) groups is 4. The van der Waals surface area contributed by atoms with Crippen molar-refractivity contribution in [3.63, 3.8) is 0 Å². The smallest absolute Gasteiger partial charge is 0.354 e. The van der Waals surface area contributed by atoms with Gasteiger partial charge < -0.3 is 9.64 Å². The SMILES string of the molecule is CCN1C(=O)c2ccccc2N2C(=O)CC[C@]12C(=O)OCC(C)=O. The normalized spacial score (nSPS) is 22.2. The lowest BCUT2D eigenvalue weighted by Crippen LogP contribution is -2.68. The molecule has 1 fully saturated rings. The van der Waals surface area contributed by atoms with E-state index in [9.17, 15) is 19.2 Å². The van der Waals surface area contributed by atoms with Gasteiger partial charge >= 0.3 is 5.97 Å². The van der Waals surface area contributed by atoms with E-state index >= 15 is 0 Å². The Morgan fingerprint density at radius 2 is 1.96 bits per heavy atom. The van der Waals surface area contributed by atoms with Crippen LogP contribution in [0, 0.1) is 0 Å². The lowest BCUT2D eigenvalue weighted by Gasteiger charge is -2.47. The number of fused-ring (bicyclic) bond motifs is 3. The van der Waals surface area contributed by atoms with E-state index in [1.807, 2.05) is 0 Å². The molecule has 7 heteroatoms. The lowest BCUT2D eigenvalue weighted by atomic mass is 9.96. The second-order valence-corrected chi connectivity index (χ2v) is 5.89. The summed E-state index contributed by atoms with van der Waals surface area (Å²) < 4.78 is 5.12. The summed E-state index contributed by atoms with van der Waals surface area (Å²) in [4.78, 5) is 52.1. The van der Waals surface area contributed by atoms with Crippen LogP contribution in [0.4, 0.5) is 5.69 Å². The van der Waals surface area contributed by atoms with E-state index in [1.165, 1.54) is 16.7 Å². The van der Waals surface area contributed by atoms with Crippen molar-refractivity contribution in [3.8, 4) is 0 Å². The molecule has 0 unspecified atom stereocenters. The monoisotopic (exact) mass is 330 g/mol. The van der Waals surface area contributed by atoms with Gasteiger partial charge in [-0.2, -0.15) is 0 Å². The average molecular weight is 330 g/mol. The van der Waals surface area contributed by atoms with Gasteiger partial charge in [-0.15, -0.1) is 0 Å². The van der Waals surface area contributed by atoms with Gasteiger partial charge in [-0.3, -0.25) is 19.3 Å². The molecule has 0 spiro atoms. The maximum Gasteiger partial charge on any atom is 0.354 e. The van der Waals surface area contributed by atoms with E-state index in [4.69, 9.17) is 4.74 Å². The number of anilines is 1. The van der Waals surface area contributed by atoms with Crippen LogP contribution >= 0.6 is 0 Å². The van der Waals surface area contributed by atoms with Crippen molar-refractivity contribution >= 4 is 29.3 Å². The predicted octanol–water partition coefficient (Wildman–Crippen LogP) is 1.12. The first-order chi connectivity index (χ1) is 11.4. The van der Waals surface area contributed by atoms with Gasteiger partial charge in [0.2, 0.25) is 11.6 Å². The molecule has 0 bridgehead atoms. The summed E-state index contributed by atoms with van der Waals surface area (Å²) >= 11 is 0. The number of esters is 1. The van der Waals surface area contributed by atoms with Crippen LogP contribution in [0.15, 0.2) is 24.3 Å². The maximum absolute atomic E-state index is 12.9. The first-order valence-electron chi connectivity index (χ1n) is 7.84. The summed E-state index contributed by atoms with van der Waals surface area (Å²) in [7, 11) is 0. The Bertz CT molecular complexity index is 744. The number of hydrogen-bond donors (Lipinski definition) is 0. The van der Waals surface area contributed by atoms with E-state index in [2.05, 4.69) is 0 Å². The highest BCUT2D eigenvalue weighted by molar-refractivity contribution is 6.15. The molecule has 126 valence electrons. The Morgan fingerprint density at radius 1 is 1.25 bits per heavy atom. The molecule has 0 saturated carbocycles. The minimum absolute atomic E-state index is 0.132. The van der Waals surface area contributed by atoms with Crippen molar-refractivity contribution in [3.05, 3.63) is 29.8 Å². The number of ketones is 1. The average Bonchev–Trinajstić information content (AvgIpc) is 2.92. The molecular formula is C17H18N2O5. The topological polar surface area (TPSA) is 84.0 Å².